The maximum absolute atomic E-state index is 11.9. The van der Waals surface area contributed by atoms with Gasteiger partial charge in [-0.2, -0.15) is 4.31 Å². The zero-order valence-electron chi connectivity index (χ0n) is 15.0. The van der Waals surface area contributed by atoms with E-state index in [0.29, 0.717) is 6.66 Å². The van der Waals surface area contributed by atoms with E-state index in [9.17, 15) is 38.2 Å². The summed E-state index contributed by atoms with van der Waals surface area (Å²) in [5.74, 6) is 0. The summed E-state index contributed by atoms with van der Waals surface area (Å²) in [7, 11) is -15.2. The minimum atomic E-state index is -5.42. The summed E-state index contributed by atoms with van der Waals surface area (Å²) in [6.45, 7) is 1.17. The molecular weight excluding hydrogens is 461 g/mol. The summed E-state index contributed by atoms with van der Waals surface area (Å²) in [5, 5.41) is 10.0. The van der Waals surface area contributed by atoms with Crippen molar-refractivity contribution in [2.75, 3.05) is 13.3 Å². The smallest absolute Gasteiger partial charge is 0.390 e. The Morgan fingerprint density at radius 2 is 1.83 bits per heavy atom. The van der Waals surface area contributed by atoms with Gasteiger partial charge in [0.15, 0.2) is 0 Å². The molecule has 3 unspecified atom stereocenters. The lowest BCUT2D eigenvalue weighted by atomic mass is 10.2. The zero-order valence-corrected chi connectivity index (χ0v) is 17.7. The van der Waals surface area contributed by atoms with Gasteiger partial charge in [0.25, 0.3) is 5.56 Å². The Balaban J connectivity index is 2.03. The van der Waals surface area contributed by atoms with Crippen LogP contribution in [0.5, 0.6) is 0 Å². The Kier molecular flexibility index (Phi) is 7.26. The molecule has 166 valence electrons. The maximum Gasteiger partial charge on any atom is 0.488 e. The molecular formula is C11H19N2O13P3. The molecule has 1 aromatic rings. The normalized spacial score (nSPS) is 28.4. The number of aryl methyl sites for hydroxylation is 1. The van der Waals surface area contributed by atoms with Gasteiger partial charge in [-0.05, 0) is 6.92 Å². The molecule has 0 saturated carbocycles. The quantitative estimate of drug-likeness (QED) is 0.298. The van der Waals surface area contributed by atoms with E-state index in [0.717, 1.165) is 4.57 Å². The molecule has 15 nitrogen and oxygen atoms in total. The molecule has 0 amide bonds. The number of aromatic nitrogens is 2. The van der Waals surface area contributed by atoms with Crippen molar-refractivity contribution < 1.29 is 51.4 Å². The lowest BCUT2D eigenvalue weighted by molar-refractivity contribution is -0.0450. The van der Waals surface area contributed by atoms with Crippen LogP contribution in [0.3, 0.4) is 0 Å². The van der Waals surface area contributed by atoms with Crippen molar-refractivity contribution >= 4 is 23.2 Å². The fourth-order valence-electron chi connectivity index (χ4n) is 2.36. The van der Waals surface area contributed by atoms with Gasteiger partial charge in [-0.15, -0.1) is 0 Å². The van der Waals surface area contributed by atoms with Gasteiger partial charge < -0.3 is 24.5 Å². The summed E-state index contributed by atoms with van der Waals surface area (Å²) in [6.07, 6.45) is -2.49. The summed E-state index contributed by atoms with van der Waals surface area (Å²) >= 11 is 0. The highest BCUT2D eigenvalue weighted by Gasteiger charge is 2.42. The Labute approximate surface area is 162 Å². The van der Waals surface area contributed by atoms with Crippen molar-refractivity contribution in [3.05, 3.63) is 32.6 Å². The molecule has 1 aliphatic rings. The van der Waals surface area contributed by atoms with Gasteiger partial charge in [-0.25, -0.2) is 18.2 Å². The van der Waals surface area contributed by atoms with Crippen LogP contribution in [0.1, 0.15) is 18.2 Å². The average Bonchev–Trinajstić information content (AvgIpc) is 2.86. The first-order valence-electron chi connectivity index (χ1n) is 7.77. The topological polar surface area (TPSA) is 224 Å². The number of phosphoric ester groups is 1. The van der Waals surface area contributed by atoms with E-state index in [2.05, 4.69) is 18.1 Å². The van der Waals surface area contributed by atoms with Crippen molar-refractivity contribution in [2.24, 2.45) is 0 Å². The lowest BCUT2D eigenvalue weighted by Crippen LogP contribution is -2.33. The molecule has 1 saturated heterocycles. The van der Waals surface area contributed by atoms with E-state index in [1.165, 1.54) is 13.1 Å². The first-order chi connectivity index (χ1) is 13.1. The highest BCUT2D eigenvalue weighted by Crippen LogP contribution is 2.66. The number of phosphoric acid groups is 2. The van der Waals surface area contributed by atoms with E-state index in [-0.39, 0.29) is 12.0 Å². The van der Waals surface area contributed by atoms with Gasteiger partial charge in [0.05, 0.1) is 12.7 Å². The van der Waals surface area contributed by atoms with Crippen LogP contribution in [0.4, 0.5) is 0 Å². The third-order valence-electron chi connectivity index (χ3n) is 3.52. The minimum Gasteiger partial charge on any atom is -0.390 e. The number of nitrogens with one attached hydrogen (secondary N) is 1. The van der Waals surface area contributed by atoms with Crippen LogP contribution in [0.15, 0.2) is 15.8 Å². The molecule has 1 fully saturated rings. The predicted octanol–water partition coefficient (Wildman–Crippen LogP) is -0.441. The molecule has 0 spiro atoms. The fourth-order valence-corrected chi connectivity index (χ4v) is 5.85. The number of nitrogens with zero attached hydrogens (tertiary/aromatic N) is 1. The van der Waals surface area contributed by atoms with Gasteiger partial charge in [0.1, 0.15) is 12.3 Å². The van der Waals surface area contributed by atoms with E-state index < -0.39 is 59.5 Å². The number of aliphatic hydroxyl groups is 1. The van der Waals surface area contributed by atoms with Gasteiger partial charge in [0.2, 0.25) is 0 Å². The van der Waals surface area contributed by atoms with Crippen molar-refractivity contribution in [1.82, 2.24) is 9.55 Å². The van der Waals surface area contributed by atoms with Crippen LogP contribution in [0, 0.1) is 6.92 Å². The molecule has 2 rings (SSSR count). The minimum absolute atomic E-state index is 0.138. The van der Waals surface area contributed by atoms with Gasteiger partial charge in [-0.1, -0.05) is 0 Å². The number of hydrogen-bond donors (Lipinski definition) is 5. The van der Waals surface area contributed by atoms with Crippen molar-refractivity contribution in [3.8, 4) is 0 Å². The van der Waals surface area contributed by atoms with Crippen LogP contribution >= 0.6 is 23.2 Å². The molecule has 29 heavy (non-hydrogen) atoms. The fraction of sp³-hybridized carbons (Fsp3) is 0.636. The third kappa shape index (κ3) is 7.06. The Bertz CT molecular complexity index is 1010. The second kappa shape index (κ2) is 8.66. The average molecular weight is 480 g/mol. The molecule has 0 radical (unpaired) electrons. The zero-order chi connectivity index (χ0) is 22.2. The lowest BCUT2D eigenvalue weighted by Gasteiger charge is -2.19. The van der Waals surface area contributed by atoms with Crippen molar-refractivity contribution in [3.63, 3.8) is 0 Å². The molecule has 0 bridgehead atoms. The summed E-state index contributed by atoms with van der Waals surface area (Å²) in [5.41, 5.74) is -1.20. The highest BCUT2D eigenvalue weighted by atomic mass is 31.3. The van der Waals surface area contributed by atoms with Crippen LogP contribution < -0.4 is 11.2 Å². The number of rotatable bonds is 8. The highest BCUT2D eigenvalue weighted by molar-refractivity contribution is 7.68. The monoisotopic (exact) mass is 480 g/mol. The van der Waals surface area contributed by atoms with Gasteiger partial charge >= 0.3 is 28.9 Å². The molecule has 0 aliphatic carbocycles. The van der Waals surface area contributed by atoms with E-state index >= 15 is 0 Å². The number of H-pyrrole nitrogens is 1. The summed E-state index contributed by atoms with van der Waals surface area (Å²) < 4.78 is 52.7. The number of ether oxygens (including phenoxy) is 1. The summed E-state index contributed by atoms with van der Waals surface area (Å²) in [4.78, 5) is 52.9. The molecule has 0 aromatic carbocycles. The largest absolute Gasteiger partial charge is 0.488 e. The first kappa shape index (κ1) is 24.3. The second-order valence-corrected chi connectivity index (χ2v) is 11.2. The molecule has 5 N–H and O–H groups in total. The Morgan fingerprint density at radius 3 is 2.41 bits per heavy atom. The van der Waals surface area contributed by atoms with Gasteiger partial charge in [-0.3, -0.25) is 23.4 Å². The summed E-state index contributed by atoms with van der Waals surface area (Å²) in [6, 6.07) is 0. The van der Waals surface area contributed by atoms with E-state index in [1.54, 1.807) is 0 Å². The van der Waals surface area contributed by atoms with Crippen LogP contribution in [-0.4, -0.2) is 54.8 Å². The standard InChI is InChI=1S/C11H19N2O13P3/c1-6-4-13(11(16)12-10(6)15)9-3-7(14)8(24-9)5-23-28(19,20)26-29(21,22)25-27(2,17)18/h4,7-9,14H,3,5H2,1-2H3,(H,17,18)(H,19,20)(H,21,22)(H,12,15,16)/t7-,8-,9-/m1/s1. The predicted molar refractivity (Wildman–Crippen MR) is 94.1 cm³/mol. The molecule has 1 aromatic heterocycles. The Morgan fingerprint density at radius 1 is 1.21 bits per heavy atom. The van der Waals surface area contributed by atoms with Crippen molar-refractivity contribution in [1.29, 1.82) is 0 Å². The molecule has 18 heteroatoms. The molecule has 1 aliphatic heterocycles. The van der Waals surface area contributed by atoms with Gasteiger partial charge in [0, 0.05) is 24.8 Å². The Hall–Kier alpha value is -0.950. The first-order valence-corrected chi connectivity index (χ1v) is 12.8. The second-order valence-electron chi connectivity index (χ2n) is 6.11. The maximum atomic E-state index is 11.9. The molecule has 2 heterocycles. The third-order valence-corrected chi connectivity index (χ3v) is 7.69. The SMILES string of the molecule is Cc1cn([C@H]2C[C@@H](O)[C@@H](COP(=O)(O)OP(=O)(O)OP(C)(=O)O)O2)c(=O)[nH]c1=O. The van der Waals surface area contributed by atoms with E-state index in [4.69, 9.17) is 9.63 Å². The number of aliphatic hydroxyl groups excluding tert-OH is 1. The molecule has 6 atom stereocenters. The number of hydrogen-bond acceptors (Lipinski definition) is 10. The van der Waals surface area contributed by atoms with Crippen molar-refractivity contribution in [2.45, 2.75) is 31.8 Å². The van der Waals surface area contributed by atoms with E-state index in [1.807, 2.05) is 0 Å². The van der Waals surface area contributed by atoms with Crippen LogP contribution in [-0.2, 0) is 31.6 Å². The van der Waals surface area contributed by atoms with Crippen LogP contribution in [0.2, 0.25) is 0 Å². The van der Waals surface area contributed by atoms with Crippen LogP contribution in [0.25, 0.3) is 0 Å². The number of aromatic amines is 1.